The molecule has 0 radical (unpaired) electrons. The van der Waals surface area contributed by atoms with Gasteiger partial charge in [-0.25, -0.2) is 0 Å². The first-order valence-electron chi connectivity index (χ1n) is 4.45. The maximum atomic E-state index is 11.7. The van der Waals surface area contributed by atoms with Crippen LogP contribution < -0.4 is 0 Å². The van der Waals surface area contributed by atoms with Gasteiger partial charge in [-0.05, 0) is 13.0 Å². The molecule has 0 amide bonds. The van der Waals surface area contributed by atoms with Gasteiger partial charge in [0.05, 0.1) is 11.8 Å². The van der Waals surface area contributed by atoms with E-state index in [1.807, 2.05) is 0 Å². The Morgan fingerprint density at radius 3 is 2.86 bits per heavy atom. The molecular weight excluding hydrogens is 184 g/mol. The molecule has 0 spiro atoms. The molecule has 2 heterocycles. The summed E-state index contributed by atoms with van der Waals surface area (Å²) in [6, 6.07) is 1.55. The van der Waals surface area contributed by atoms with E-state index in [-0.39, 0.29) is 11.9 Å². The highest BCUT2D eigenvalue weighted by Gasteiger charge is 2.37. The van der Waals surface area contributed by atoms with Crippen LogP contribution in [-0.4, -0.2) is 17.9 Å². The molecule has 0 saturated carbocycles. The van der Waals surface area contributed by atoms with Crippen molar-refractivity contribution in [1.29, 1.82) is 0 Å². The number of rotatable bonds is 2. The highest BCUT2D eigenvalue weighted by molar-refractivity contribution is 6.09. The Labute approximate surface area is 80.8 Å². The monoisotopic (exact) mass is 194 g/mol. The fourth-order valence-corrected chi connectivity index (χ4v) is 1.58. The number of cyclic esters (lactones) is 1. The Balaban J connectivity index is 2.17. The number of hydrogen-bond acceptors (Lipinski definition) is 4. The molecule has 1 aromatic rings. The lowest BCUT2D eigenvalue weighted by molar-refractivity contribution is -0.142. The van der Waals surface area contributed by atoms with E-state index >= 15 is 0 Å². The van der Waals surface area contributed by atoms with Crippen LogP contribution in [0, 0.1) is 5.92 Å². The van der Waals surface area contributed by atoms with Crippen LogP contribution >= 0.6 is 0 Å². The number of furan rings is 1. The van der Waals surface area contributed by atoms with Gasteiger partial charge in [0.25, 0.3) is 0 Å². The first kappa shape index (κ1) is 8.99. The fraction of sp³-hybridized carbons (Fsp3) is 0.400. The summed E-state index contributed by atoms with van der Waals surface area (Å²) in [7, 11) is 0. The minimum Gasteiger partial charge on any atom is -0.472 e. The average Bonchev–Trinajstić information content (AvgIpc) is 2.73. The van der Waals surface area contributed by atoms with Crippen LogP contribution in [0.2, 0.25) is 0 Å². The van der Waals surface area contributed by atoms with Crippen molar-refractivity contribution in [2.24, 2.45) is 5.92 Å². The summed E-state index contributed by atoms with van der Waals surface area (Å²) >= 11 is 0. The SMILES string of the molecule is C[C@@H]1C[C@@H](C(=O)c2ccoc2)C(=O)O1. The van der Waals surface area contributed by atoms with E-state index in [0.717, 1.165) is 0 Å². The van der Waals surface area contributed by atoms with Gasteiger partial charge >= 0.3 is 5.97 Å². The number of carbonyl (C=O) groups excluding carboxylic acids is 2. The van der Waals surface area contributed by atoms with Crippen LogP contribution in [0.15, 0.2) is 23.0 Å². The van der Waals surface area contributed by atoms with Gasteiger partial charge in [0, 0.05) is 6.42 Å². The third-order valence-corrected chi connectivity index (χ3v) is 2.29. The van der Waals surface area contributed by atoms with Gasteiger partial charge in [0.2, 0.25) is 0 Å². The second kappa shape index (κ2) is 3.29. The standard InChI is InChI=1S/C10H10O4/c1-6-4-8(10(12)14-6)9(11)7-2-3-13-5-7/h2-3,5-6,8H,4H2,1H3/t6-,8+/m1/s1. The van der Waals surface area contributed by atoms with Crippen molar-refractivity contribution in [2.45, 2.75) is 19.4 Å². The zero-order chi connectivity index (χ0) is 10.1. The van der Waals surface area contributed by atoms with Crippen molar-refractivity contribution in [3.63, 3.8) is 0 Å². The molecule has 2 rings (SSSR count). The normalized spacial score (nSPS) is 26.2. The van der Waals surface area contributed by atoms with E-state index < -0.39 is 11.9 Å². The topological polar surface area (TPSA) is 56.5 Å². The van der Waals surface area contributed by atoms with Gasteiger partial charge in [0.15, 0.2) is 5.78 Å². The second-order valence-corrected chi connectivity index (χ2v) is 3.41. The van der Waals surface area contributed by atoms with Crippen LogP contribution in [0.5, 0.6) is 0 Å². The summed E-state index contributed by atoms with van der Waals surface area (Å²) in [6.45, 7) is 1.78. The number of esters is 1. The van der Waals surface area contributed by atoms with Crippen LogP contribution in [-0.2, 0) is 9.53 Å². The smallest absolute Gasteiger partial charge is 0.317 e. The van der Waals surface area contributed by atoms with Crippen molar-refractivity contribution < 1.29 is 18.7 Å². The number of ether oxygens (including phenoxy) is 1. The van der Waals surface area contributed by atoms with E-state index in [1.54, 1.807) is 13.0 Å². The van der Waals surface area contributed by atoms with Gasteiger partial charge in [-0.3, -0.25) is 9.59 Å². The minimum atomic E-state index is -0.650. The lowest BCUT2D eigenvalue weighted by atomic mass is 9.97. The van der Waals surface area contributed by atoms with E-state index in [4.69, 9.17) is 9.15 Å². The Morgan fingerprint density at radius 1 is 1.57 bits per heavy atom. The molecule has 74 valence electrons. The van der Waals surface area contributed by atoms with Gasteiger partial charge in [-0.2, -0.15) is 0 Å². The lowest BCUT2D eigenvalue weighted by Crippen LogP contribution is -2.18. The van der Waals surface area contributed by atoms with Crippen molar-refractivity contribution in [3.05, 3.63) is 24.2 Å². The average molecular weight is 194 g/mol. The zero-order valence-electron chi connectivity index (χ0n) is 7.73. The van der Waals surface area contributed by atoms with E-state index in [2.05, 4.69) is 0 Å². The highest BCUT2D eigenvalue weighted by Crippen LogP contribution is 2.24. The van der Waals surface area contributed by atoms with Gasteiger partial charge < -0.3 is 9.15 Å². The summed E-state index contributed by atoms with van der Waals surface area (Å²) < 4.78 is 9.69. The van der Waals surface area contributed by atoms with Gasteiger partial charge in [0.1, 0.15) is 18.3 Å². The molecule has 1 aromatic heterocycles. The summed E-state index contributed by atoms with van der Waals surface area (Å²) in [5.41, 5.74) is 0.432. The Morgan fingerprint density at radius 2 is 2.36 bits per heavy atom. The third kappa shape index (κ3) is 1.43. The number of Topliss-reactive ketones (excluding diaryl/α,β-unsaturated/α-hetero) is 1. The molecule has 0 unspecified atom stereocenters. The molecule has 4 heteroatoms. The zero-order valence-corrected chi connectivity index (χ0v) is 7.73. The molecular formula is C10H10O4. The molecule has 1 aliphatic heterocycles. The van der Waals surface area contributed by atoms with Crippen molar-refractivity contribution in [3.8, 4) is 0 Å². The van der Waals surface area contributed by atoms with E-state index in [1.165, 1.54) is 12.5 Å². The molecule has 0 bridgehead atoms. The maximum absolute atomic E-state index is 11.7. The van der Waals surface area contributed by atoms with Crippen LogP contribution in [0.25, 0.3) is 0 Å². The Bertz CT molecular complexity index is 352. The fourth-order valence-electron chi connectivity index (χ4n) is 1.58. The summed E-state index contributed by atoms with van der Waals surface area (Å²) in [5, 5.41) is 0. The first-order chi connectivity index (χ1) is 6.68. The quantitative estimate of drug-likeness (QED) is 0.406. The largest absolute Gasteiger partial charge is 0.472 e. The maximum Gasteiger partial charge on any atom is 0.317 e. The molecule has 0 aliphatic carbocycles. The van der Waals surface area contributed by atoms with Crippen LogP contribution in [0.1, 0.15) is 23.7 Å². The molecule has 1 aliphatic rings. The molecule has 2 atom stereocenters. The van der Waals surface area contributed by atoms with Crippen LogP contribution in [0.3, 0.4) is 0 Å². The summed E-state index contributed by atoms with van der Waals surface area (Å²) in [4.78, 5) is 23.0. The number of carbonyl (C=O) groups is 2. The van der Waals surface area contributed by atoms with E-state index in [9.17, 15) is 9.59 Å². The summed E-state index contributed by atoms with van der Waals surface area (Å²) in [6.07, 6.45) is 3.06. The van der Waals surface area contributed by atoms with Gasteiger partial charge in [-0.15, -0.1) is 0 Å². The van der Waals surface area contributed by atoms with Gasteiger partial charge in [-0.1, -0.05) is 0 Å². The molecule has 4 nitrogen and oxygen atoms in total. The predicted molar refractivity (Wildman–Crippen MR) is 46.7 cm³/mol. The molecule has 14 heavy (non-hydrogen) atoms. The highest BCUT2D eigenvalue weighted by atomic mass is 16.5. The second-order valence-electron chi connectivity index (χ2n) is 3.41. The molecule has 1 fully saturated rings. The van der Waals surface area contributed by atoms with Crippen molar-refractivity contribution >= 4 is 11.8 Å². The molecule has 1 saturated heterocycles. The van der Waals surface area contributed by atoms with Crippen molar-refractivity contribution in [1.82, 2.24) is 0 Å². The number of hydrogen-bond donors (Lipinski definition) is 0. The molecule has 0 aromatic carbocycles. The Hall–Kier alpha value is -1.58. The number of ketones is 1. The predicted octanol–water partition coefficient (Wildman–Crippen LogP) is 1.41. The van der Waals surface area contributed by atoms with Crippen LogP contribution in [0.4, 0.5) is 0 Å². The minimum absolute atomic E-state index is 0.164. The summed E-state index contributed by atoms with van der Waals surface area (Å²) in [5.74, 6) is -1.29. The van der Waals surface area contributed by atoms with E-state index in [0.29, 0.717) is 12.0 Å². The molecule has 0 N–H and O–H groups in total. The van der Waals surface area contributed by atoms with Crippen molar-refractivity contribution in [2.75, 3.05) is 0 Å². The lowest BCUT2D eigenvalue weighted by Gasteiger charge is -2.00. The first-order valence-corrected chi connectivity index (χ1v) is 4.45. The Kier molecular flexibility index (Phi) is 2.11. The third-order valence-electron chi connectivity index (χ3n) is 2.29.